The maximum absolute atomic E-state index is 13.2. The molecule has 0 fully saturated rings. The summed E-state index contributed by atoms with van der Waals surface area (Å²) in [5.41, 5.74) is 6.75. The van der Waals surface area contributed by atoms with Gasteiger partial charge < -0.3 is 25.8 Å². The average molecular weight is 462 g/mol. The van der Waals surface area contributed by atoms with Gasteiger partial charge in [0.05, 0.1) is 5.92 Å². The van der Waals surface area contributed by atoms with Gasteiger partial charge in [0.15, 0.2) is 0 Å². The number of amides is 3. The molecule has 0 aliphatic rings. The van der Waals surface area contributed by atoms with Crippen molar-refractivity contribution >= 4 is 17.7 Å². The summed E-state index contributed by atoms with van der Waals surface area (Å²) in [6, 6.07) is 9.00. The number of primary amides is 1. The molecule has 1 rings (SSSR count). The number of benzene rings is 1. The molecule has 0 radical (unpaired) electrons. The molecule has 186 valence electrons. The third-order valence-electron chi connectivity index (χ3n) is 6.05. The lowest BCUT2D eigenvalue weighted by Crippen LogP contribution is -2.55. The number of aryl methyl sites for hydroxylation is 1. The molecule has 3 atom stereocenters. The lowest BCUT2D eigenvalue weighted by atomic mass is 9.93. The molecule has 3 N–H and O–H groups in total. The molecule has 3 amide bonds. The lowest BCUT2D eigenvalue weighted by Gasteiger charge is -2.30. The minimum Gasteiger partial charge on any atom is -0.369 e. The molecular weight excluding hydrogens is 418 g/mol. The minimum absolute atomic E-state index is 0.236. The zero-order valence-corrected chi connectivity index (χ0v) is 21.2. The molecule has 1 unspecified atom stereocenters. The van der Waals surface area contributed by atoms with Gasteiger partial charge in [-0.25, -0.2) is 0 Å². The molecule has 0 heterocycles. The lowest BCUT2D eigenvalue weighted by molar-refractivity contribution is -0.140. The van der Waals surface area contributed by atoms with Crippen LogP contribution in [0.3, 0.4) is 0 Å². The van der Waals surface area contributed by atoms with Gasteiger partial charge >= 0.3 is 0 Å². The van der Waals surface area contributed by atoms with E-state index in [1.807, 2.05) is 58.4 Å². The van der Waals surface area contributed by atoms with Crippen molar-refractivity contribution in [1.29, 1.82) is 0 Å². The van der Waals surface area contributed by atoms with Gasteiger partial charge in [-0.1, -0.05) is 44.2 Å². The number of carbonyl (C=O) groups is 3. The highest BCUT2D eigenvalue weighted by Gasteiger charge is 2.35. The monoisotopic (exact) mass is 461 g/mol. The zero-order valence-electron chi connectivity index (χ0n) is 21.2. The summed E-state index contributed by atoms with van der Waals surface area (Å²) in [5.74, 6) is -2.15. The first-order valence-electron chi connectivity index (χ1n) is 11.8. The van der Waals surface area contributed by atoms with Crippen LogP contribution in [-0.4, -0.2) is 92.8 Å². The fourth-order valence-corrected chi connectivity index (χ4v) is 3.54. The number of nitrogens with one attached hydrogen (secondary N) is 1. The largest absolute Gasteiger partial charge is 0.369 e. The van der Waals surface area contributed by atoms with E-state index < -0.39 is 17.9 Å². The summed E-state index contributed by atoms with van der Waals surface area (Å²) in [5, 5.41) is 2.84. The van der Waals surface area contributed by atoms with Gasteiger partial charge in [-0.3, -0.25) is 14.4 Å². The Morgan fingerprint density at radius 2 is 1.58 bits per heavy atom. The molecule has 33 heavy (non-hydrogen) atoms. The quantitative estimate of drug-likeness (QED) is 0.409. The number of nitrogens with two attached hydrogens (primary N) is 1. The predicted molar refractivity (Wildman–Crippen MR) is 133 cm³/mol. The highest BCUT2D eigenvalue weighted by atomic mass is 16.2. The second kappa shape index (κ2) is 14.6. The SMILES string of the molecule is CC[C@@H](C(N)=O)C(NC(=O)[C@H](C)CCc1ccccc1)C(=O)N(C)CCN(C)CCN(C)C. The van der Waals surface area contributed by atoms with Crippen molar-refractivity contribution in [3.8, 4) is 0 Å². The van der Waals surface area contributed by atoms with Gasteiger partial charge in [0.2, 0.25) is 17.7 Å². The van der Waals surface area contributed by atoms with Crippen molar-refractivity contribution in [3.63, 3.8) is 0 Å². The Labute approximate surface area is 199 Å². The fourth-order valence-electron chi connectivity index (χ4n) is 3.54. The van der Waals surface area contributed by atoms with Crippen LogP contribution in [0.1, 0.15) is 32.3 Å². The highest BCUT2D eigenvalue weighted by Crippen LogP contribution is 2.15. The highest BCUT2D eigenvalue weighted by molar-refractivity contribution is 5.93. The van der Waals surface area contributed by atoms with Gasteiger partial charge in [-0.2, -0.15) is 0 Å². The fraction of sp³-hybridized carbons (Fsp3) is 0.640. The predicted octanol–water partition coefficient (Wildman–Crippen LogP) is 1.20. The Morgan fingerprint density at radius 3 is 2.12 bits per heavy atom. The zero-order chi connectivity index (χ0) is 25.0. The molecule has 0 spiro atoms. The van der Waals surface area contributed by atoms with E-state index in [1.54, 1.807) is 18.9 Å². The molecule has 0 aliphatic heterocycles. The van der Waals surface area contributed by atoms with E-state index in [0.29, 0.717) is 25.9 Å². The number of nitrogens with zero attached hydrogens (tertiary/aromatic N) is 3. The molecular formula is C25H43N5O3. The first-order valence-corrected chi connectivity index (χ1v) is 11.8. The van der Waals surface area contributed by atoms with Crippen LogP contribution in [0, 0.1) is 11.8 Å². The van der Waals surface area contributed by atoms with Crippen LogP contribution >= 0.6 is 0 Å². The standard InChI is InChI=1S/C25H43N5O3/c1-7-21(23(26)31)22(25(33)30(6)18-17-29(5)16-15-28(3)4)27-24(32)19(2)13-14-20-11-9-8-10-12-20/h8-12,19,21-22H,7,13-18H2,1-6H3,(H2,26,31)(H,27,32)/t19-,21-,22?/m1/s1. The first-order chi connectivity index (χ1) is 15.6. The summed E-state index contributed by atoms with van der Waals surface area (Å²) in [7, 11) is 7.75. The first kappa shape index (κ1) is 28.6. The van der Waals surface area contributed by atoms with Crippen molar-refractivity contribution in [2.45, 2.75) is 39.2 Å². The van der Waals surface area contributed by atoms with E-state index in [-0.39, 0.29) is 17.7 Å². The molecule has 0 aliphatic carbocycles. The second-order valence-electron chi connectivity index (χ2n) is 9.20. The second-order valence-corrected chi connectivity index (χ2v) is 9.20. The van der Waals surface area contributed by atoms with Gasteiger partial charge in [-0.05, 0) is 46.0 Å². The van der Waals surface area contributed by atoms with Crippen LogP contribution in [0.5, 0.6) is 0 Å². The molecule has 0 bridgehead atoms. The molecule has 1 aromatic rings. The van der Waals surface area contributed by atoms with Crippen molar-refractivity contribution in [3.05, 3.63) is 35.9 Å². The Bertz CT molecular complexity index is 741. The molecule has 8 nitrogen and oxygen atoms in total. The van der Waals surface area contributed by atoms with E-state index in [0.717, 1.165) is 25.1 Å². The number of hydrogen-bond donors (Lipinski definition) is 2. The van der Waals surface area contributed by atoms with Crippen LogP contribution in [-0.2, 0) is 20.8 Å². The van der Waals surface area contributed by atoms with Crippen LogP contribution in [0.4, 0.5) is 0 Å². The van der Waals surface area contributed by atoms with Crippen molar-refractivity contribution in [2.75, 3.05) is 54.4 Å². The molecule has 0 saturated carbocycles. The molecule has 0 saturated heterocycles. The van der Waals surface area contributed by atoms with Crippen LogP contribution in [0.15, 0.2) is 30.3 Å². The van der Waals surface area contributed by atoms with Crippen LogP contribution < -0.4 is 11.1 Å². The van der Waals surface area contributed by atoms with Gasteiger partial charge in [-0.15, -0.1) is 0 Å². The number of rotatable bonds is 15. The van der Waals surface area contributed by atoms with Crippen LogP contribution in [0.2, 0.25) is 0 Å². The maximum atomic E-state index is 13.2. The minimum atomic E-state index is -0.962. The van der Waals surface area contributed by atoms with Gasteiger partial charge in [0.25, 0.3) is 0 Å². The summed E-state index contributed by atoms with van der Waals surface area (Å²) >= 11 is 0. The molecule has 0 aromatic heterocycles. The van der Waals surface area contributed by atoms with E-state index in [4.69, 9.17) is 5.73 Å². The van der Waals surface area contributed by atoms with E-state index >= 15 is 0 Å². The van der Waals surface area contributed by atoms with Crippen molar-refractivity contribution in [2.24, 2.45) is 17.6 Å². The van der Waals surface area contributed by atoms with Gasteiger partial charge in [0.1, 0.15) is 6.04 Å². The summed E-state index contributed by atoms with van der Waals surface area (Å²) in [6.07, 6.45) is 1.79. The Balaban J connectivity index is 2.77. The molecule has 1 aromatic carbocycles. The number of hydrogen-bond acceptors (Lipinski definition) is 5. The topological polar surface area (TPSA) is 99.0 Å². The Hall–Kier alpha value is -2.45. The average Bonchev–Trinajstić information content (AvgIpc) is 2.79. The van der Waals surface area contributed by atoms with E-state index in [9.17, 15) is 14.4 Å². The summed E-state index contributed by atoms with van der Waals surface area (Å²) < 4.78 is 0. The smallest absolute Gasteiger partial charge is 0.245 e. The van der Waals surface area contributed by atoms with Crippen molar-refractivity contribution in [1.82, 2.24) is 20.0 Å². The summed E-state index contributed by atoms with van der Waals surface area (Å²) in [6.45, 7) is 6.63. The maximum Gasteiger partial charge on any atom is 0.245 e. The Kier molecular flexibility index (Phi) is 12.7. The van der Waals surface area contributed by atoms with E-state index in [1.165, 1.54) is 0 Å². The van der Waals surface area contributed by atoms with Gasteiger partial charge in [0, 0.05) is 39.1 Å². The molecule has 8 heteroatoms. The third-order valence-corrected chi connectivity index (χ3v) is 6.05. The number of likely N-dealkylation sites (N-methyl/N-ethyl adjacent to an activating group) is 3. The van der Waals surface area contributed by atoms with E-state index in [2.05, 4.69) is 15.1 Å². The number of carbonyl (C=O) groups excluding carboxylic acids is 3. The third kappa shape index (κ3) is 10.4. The normalized spacial score (nSPS) is 14.1. The van der Waals surface area contributed by atoms with Crippen molar-refractivity contribution < 1.29 is 14.4 Å². The summed E-state index contributed by atoms with van der Waals surface area (Å²) in [4.78, 5) is 44.1. The van der Waals surface area contributed by atoms with Crippen LogP contribution in [0.25, 0.3) is 0 Å². The Morgan fingerprint density at radius 1 is 0.970 bits per heavy atom.